The van der Waals surface area contributed by atoms with Crippen LogP contribution < -0.4 is 5.46 Å². The van der Waals surface area contributed by atoms with Crippen LogP contribution in [0.25, 0.3) is 0 Å². The largest absolute Gasteiger partial charge is 0.560 e. The van der Waals surface area contributed by atoms with Crippen molar-refractivity contribution in [3.8, 4) is 0 Å². The van der Waals surface area contributed by atoms with E-state index in [4.69, 9.17) is 0 Å². The summed E-state index contributed by atoms with van der Waals surface area (Å²) in [5.74, 6) is 0. The van der Waals surface area contributed by atoms with Crippen molar-refractivity contribution >= 4 is 33.4 Å². The highest BCUT2D eigenvalue weighted by Gasteiger charge is 1.85. The summed E-state index contributed by atoms with van der Waals surface area (Å²) in [6.07, 6.45) is 1.42. The molecule has 0 atom stereocenters. The van der Waals surface area contributed by atoms with Crippen molar-refractivity contribution in [3.05, 3.63) is 24.3 Å². The van der Waals surface area contributed by atoms with E-state index in [-0.39, 0.29) is 0 Å². The fraction of sp³-hybridized carbons (Fsp3) is 0. The second kappa shape index (κ2) is 3.86. The van der Waals surface area contributed by atoms with Gasteiger partial charge in [-0.3, -0.25) is 0 Å². The van der Waals surface area contributed by atoms with Crippen molar-refractivity contribution in [1.29, 1.82) is 0 Å². The standard InChI is InChI=1S/C7H9B2NO/c8-6-1-3-7(4-2-6)10-5-11-9/h1-5H,8-9H2. The Hall–Kier alpha value is -1.18. The Morgan fingerprint density at radius 2 is 1.91 bits per heavy atom. The molecule has 0 bridgehead atoms. The van der Waals surface area contributed by atoms with E-state index in [1.165, 1.54) is 11.9 Å². The first kappa shape index (κ1) is 7.92. The highest BCUT2D eigenvalue weighted by Crippen LogP contribution is 2.06. The third-order valence-corrected chi connectivity index (χ3v) is 1.34. The minimum atomic E-state index is 0.914. The van der Waals surface area contributed by atoms with Crippen LogP contribution in [-0.2, 0) is 4.65 Å². The molecule has 0 N–H and O–H groups in total. The number of aliphatic imine (C=N–C) groups is 1. The molecule has 0 saturated heterocycles. The van der Waals surface area contributed by atoms with Crippen LogP contribution in [0.1, 0.15) is 0 Å². The van der Waals surface area contributed by atoms with Crippen molar-refractivity contribution in [3.63, 3.8) is 0 Å². The molecule has 1 rings (SSSR count). The van der Waals surface area contributed by atoms with Gasteiger partial charge in [-0.15, -0.1) is 0 Å². The average Bonchev–Trinajstić information content (AvgIpc) is 2.04. The Morgan fingerprint density at radius 1 is 1.27 bits per heavy atom. The molecular formula is C7H9B2NO. The first-order valence-electron chi connectivity index (χ1n) is 3.45. The van der Waals surface area contributed by atoms with E-state index >= 15 is 0 Å². The summed E-state index contributed by atoms with van der Waals surface area (Å²) in [7, 11) is 3.63. The van der Waals surface area contributed by atoms with Crippen LogP contribution in [0, 0.1) is 0 Å². The van der Waals surface area contributed by atoms with Crippen LogP contribution >= 0.6 is 0 Å². The predicted octanol–water partition coefficient (Wildman–Crippen LogP) is -0.831. The molecule has 0 radical (unpaired) electrons. The topological polar surface area (TPSA) is 21.6 Å². The third-order valence-electron chi connectivity index (χ3n) is 1.34. The third kappa shape index (κ3) is 2.50. The number of hydrogen-bond acceptors (Lipinski definition) is 2. The summed E-state index contributed by atoms with van der Waals surface area (Å²) in [5.41, 5.74) is 2.15. The smallest absolute Gasteiger partial charge is 0.323 e. The van der Waals surface area contributed by atoms with Gasteiger partial charge in [0.05, 0.1) is 5.69 Å². The Balaban J connectivity index is 2.73. The van der Waals surface area contributed by atoms with Gasteiger partial charge in [-0.2, -0.15) is 0 Å². The molecule has 1 aromatic rings. The maximum absolute atomic E-state index is 4.68. The summed E-state index contributed by atoms with van der Waals surface area (Å²) in [5, 5.41) is 0. The molecule has 1 aromatic carbocycles. The number of nitrogens with zero attached hydrogens (tertiary/aromatic N) is 1. The van der Waals surface area contributed by atoms with Gasteiger partial charge in [-0.05, 0) is 12.1 Å². The van der Waals surface area contributed by atoms with Gasteiger partial charge in [0, 0.05) is 0 Å². The van der Waals surface area contributed by atoms with Crippen molar-refractivity contribution in [2.24, 2.45) is 4.99 Å². The first-order chi connectivity index (χ1) is 5.33. The summed E-state index contributed by atoms with van der Waals surface area (Å²) in [6, 6.07) is 7.93. The SMILES string of the molecule is BOC=Nc1ccc(B)cc1. The van der Waals surface area contributed by atoms with Crippen molar-refractivity contribution in [2.45, 2.75) is 0 Å². The Labute approximate surface area is 68.1 Å². The lowest BCUT2D eigenvalue weighted by atomic mass is 9.96. The lowest BCUT2D eigenvalue weighted by molar-refractivity contribution is 0.641. The molecule has 0 aromatic heterocycles. The molecular weight excluding hydrogens is 136 g/mol. The van der Waals surface area contributed by atoms with E-state index in [0.29, 0.717) is 0 Å². The summed E-state index contributed by atoms with van der Waals surface area (Å²) in [6.45, 7) is 0. The second-order valence-electron chi connectivity index (χ2n) is 2.31. The summed E-state index contributed by atoms with van der Waals surface area (Å²) in [4.78, 5) is 4.02. The number of benzene rings is 1. The molecule has 11 heavy (non-hydrogen) atoms. The predicted molar refractivity (Wildman–Crippen MR) is 52.4 cm³/mol. The lowest BCUT2D eigenvalue weighted by Crippen LogP contribution is -1.97. The average molecular weight is 145 g/mol. The molecule has 0 unspecified atom stereocenters. The van der Waals surface area contributed by atoms with E-state index < -0.39 is 0 Å². The Bertz CT molecular complexity index is 245. The van der Waals surface area contributed by atoms with E-state index in [9.17, 15) is 0 Å². The van der Waals surface area contributed by atoms with E-state index in [0.717, 1.165) is 5.69 Å². The van der Waals surface area contributed by atoms with Gasteiger partial charge < -0.3 is 4.65 Å². The molecule has 2 nitrogen and oxygen atoms in total. The fourth-order valence-corrected chi connectivity index (χ4v) is 0.744. The van der Waals surface area contributed by atoms with Gasteiger partial charge in [-0.1, -0.05) is 17.6 Å². The zero-order chi connectivity index (χ0) is 8.10. The van der Waals surface area contributed by atoms with Crippen molar-refractivity contribution in [2.75, 3.05) is 0 Å². The van der Waals surface area contributed by atoms with Crippen LogP contribution in [0.5, 0.6) is 0 Å². The molecule has 0 aliphatic rings. The molecule has 0 aliphatic heterocycles. The molecule has 0 aliphatic carbocycles. The van der Waals surface area contributed by atoms with Gasteiger partial charge in [0.15, 0.2) is 6.40 Å². The van der Waals surface area contributed by atoms with E-state index in [1.807, 2.05) is 32.1 Å². The lowest BCUT2D eigenvalue weighted by Gasteiger charge is -1.93. The molecule has 54 valence electrons. The second-order valence-corrected chi connectivity index (χ2v) is 2.31. The monoisotopic (exact) mass is 145 g/mol. The van der Waals surface area contributed by atoms with Gasteiger partial charge in [0.1, 0.15) is 7.85 Å². The van der Waals surface area contributed by atoms with Gasteiger partial charge in [0.2, 0.25) is 0 Å². The van der Waals surface area contributed by atoms with Crippen LogP contribution in [-0.4, -0.2) is 22.3 Å². The number of rotatable bonds is 2. The van der Waals surface area contributed by atoms with Gasteiger partial charge >= 0.3 is 8.05 Å². The van der Waals surface area contributed by atoms with E-state index in [2.05, 4.69) is 9.65 Å². The quantitative estimate of drug-likeness (QED) is 0.302. The minimum absolute atomic E-state index is 0.914. The fourth-order valence-electron chi connectivity index (χ4n) is 0.744. The van der Waals surface area contributed by atoms with E-state index in [1.54, 1.807) is 8.05 Å². The summed E-state index contributed by atoms with van der Waals surface area (Å²) < 4.78 is 4.68. The Kier molecular flexibility index (Phi) is 2.78. The molecule has 0 spiro atoms. The zero-order valence-electron chi connectivity index (χ0n) is 6.74. The number of hydrogen-bond donors (Lipinski definition) is 0. The summed E-state index contributed by atoms with van der Waals surface area (Å²) >= 11 is 0. The molecule has 0 amide bonds. The van der Waals surface area contributed by atoms with Gasteiger partial charge in [-0.25, -0.2) is 4.99 Å². The highest BCUT2D eigenvalue weighted by atomic mass is 16.4. The maximum atomic E-state index is 4.68. The van der Waals surface area contributed by atoms with Crippen molar-refractivity contribution in [1.82, 2.24) is 0 Å². The van der Waals surface area contributed by atoms with Gasteiger partial charge in [0.25, 0.3) is 0 Å². The maximum Gasteiger partial charge on any atom is 0.323 e. The Morgan fingerprint density at radius 3 is 2.45 bits per heavy atom. The minimum Gasteiger partial charge on any atom is -0.560 e. The van der Waals surface area contributed by atoms with Crippen LogP contribution in [0.15, 0.2) is 29.3 Å². The van der Waals surface area contributed by atoms with Crippen LogP contribution in [0.2, 0.25) is 0 Å². The molecule has 0 heterocycles. The first-order valence-corrected chi connectivity index (χ1v) is 3.45. The van der Waals surface area contributed by atoms with Crippen molar-refractivity contribution < 1.29 is 4.65 Å². The molecule has 0 saturated carbocycles. The normalized spacial score (nSPS) is 10.2. The molecule has 4 heteroatoms. The highest BCUT2D eigenvalue weighted by molar-refractivity contribution is 6.32. The molecule has 0 fully saturated rings. The van der Waals surface area contributed by atoms with Crippen LogP contribution in [0.3, 0.4) is 0 Å². The zero-order valence-corrected chi connectivity index (χ0v) is 6.74. The van der Waals surface area contributed by atoms with Crippen LogP contribution in [0.4, 0.5) is 5.69 Å².